The number of aryl methyl sites for hydroxylation is 1. The third-order valence-electron chi connectivity index (χ3n) is 3.26. The van der Waals surface area contributed by atoms with E-state index in [2.05, 4.69) is 24.0 Å². The Morgan fingerprint density at radius 3 is 3.06 bits per heavy atom. The van der Waals surface area contributed by atoms with Gasteiger partial charge in [-0.1, -0.05) is 17.7 Å². The van der Waals surface area contributed by atoms with Crippen molar-refractivity contribution in [3.05, 3.63) is 29.3 Å². The third kappa shape index (κ3) is 3.22. The van der Waals surface area contributed by atoms with E-state index >= 15 is 0 Å². The summed E-state index contributed by atoms with van der Waals surface area (Å²) in [5, 5.41) is 9.14. The molecule has 0 spiro atoms. The molecule has 100 valence electrons. The van der Waals surface area contributed by atoms with Crippen LogP contribution in [0.25, 0.3) is 0 Å². The molecule has 1 atom stereocenters. The van der Waals surface area contributed by atoms with Crippen molar-refractivity contribution >= 4 is 0 Å². The lowest BCUT2D eigenvalue weighted by Crippen LogP contribution is -2.43. The van der Waals surface area contributed by atoms with Crippen LogP contribution in [-0.2, 0) is 11.3 Å². The van der Waals surface area contributed by atoms with Crippen molar-refractivity contribution in [2.45, 2.75) is 19.6 Å². The molecule has 1 aromatic rings. The zero-order chi connectivity index (χ0) is 13.0. The number of methoxy groups -OCH3 is 1. The highest BCUT2D eigenvalue weighted by molar-refractivity contribution is 5.36. The second kappa shape index (κ2) is 6.18. The summed E-state index contributed by atoms with van der Waals surface area (Å²) in [6.45, 7) is 5.35. The fourth-order valence-electron chi connectivity index (χ4n) is 2.31. The van der Waals surface area contributed by atoms with Crippen LogP contribution in [0.15, 0.2) is 18.2 Å². The second-order valence-corrected chi connectivity index (χ2v) is 4.73. The maximum Gasteiger partial charge on any atom is 0.123 e. The summed E-state index contributed by atoms with van der Waals surface area (Å²) in [5.41, 5.74) is 2.42. The van der Waals surface area contributed by atoms with Crippen molar-refractivity contribution in [2.24, 2.45) is 0 Å². The molecule has 0 amide bonds. The van der Waals surface area contributed by atoms with Gasteiger partial charge in [-0.25, -0.2) is 0 Å². The number of aliphatic hydroxyl groups is 1. The lowest BCUT2D eigenvalue weighted by Gasteiger charge is -2.32. The molecule has 0 radical (unpaired) electrons. The molecule has 1 aromatic carbocycles. The van der Waals surface area contributed by atoms with Gasteiger partial charge in [-0.05, 0) is 13.0 Å². The molecule has 1 aliphatic rings. The van der Waals surface area contributed by atoms with E-state index < -0.39 is 0 Å². The number of hydrogen-bond acceptors (Lipinski definition) is 4. The van der Waals surface area contributed by atoms with Crippen molar-refractivity contribution < 1.29 is 14.6 Å². The van der Waals surface area contributed by atoms with E-state index in [4.69, 9.17) is 14.6 Å². The standard InChI is InChI=1S/C14H21NO3/c1-11-3-4-14(17-2)12(7-11)8-15-5-6-18-13(9-15)10-16/h3-4,7,13,16H,5-6,8-10H2,1-2H3. The summed E-state index contributed by atoms with van der Waals surface area (Å²) in [6, 6.07) is 6.22. The number of hydrogen-bond donors (Lipinski definition) is 1. The van der Waals surface area contributed by atoms with Gasteiger partial charge in [-0.3, -0.25) is 4.90 Å². The lowest BCUT2D eigenvalue weighted by molar-refractivity contribution is -0.0552. The smallest absolute Gasteiger partial charge is 0.123 e. The lowest BCUT2D eigenvalue weighted by atomic mass is 10.1. The van der Waals surface area contributed by atoms with Gasteiger partial charge in [-0.2, -0.15) is 0 Å². The van der Waals surface area contributed by atoms with Crippen molar-refractivity contribution in [3.8, 4) is 5.75 Å². The minimum Gasteiger partial charge on any atom is -0.496 e. The maximum absolute atomic E-state index is 9.14. The summed E-state index contributed by atoms with van der Waals surface area (Å²) in [6.07, 6.45) is -0.0606. The van der Waals surface area contributed by atoms with Gasteiger partial charge in [-0.15, -0.1) is 0 Å². The number of morpholine rings is 1. The molecule has 2 rings (SSSR count). The van der Waals surface area contributed by atoms with E-state index in [1.54, 1.807) is 7.11 Å². The first-order chi connectivity index (χ1) is 8.72. The molecule has 1 heterocycles. The maximum atomic E-state index is 9.14. The largest absolute Gasteiger partial charge is 0.496 e. The number of nitrogens with zero attached hydrogens (tertiary/aromatic N) is 1. The van der Waals surface area contributed by atoms with Crippen LogP contribution in [0.4, 0.5) is 0 Å². The Balaban J connectivity index is 2.06. The van der Waals surface area contributed by atoms with Crippen LogP contribution in [0.2, 0.25) is 0 Å². The summed E-state index contributed by atoms with van der Waals surface area (Å²) in [4.78, 5) is 2.29. The van der Waals surface area contributed by atoms with Crippen molar-refractivity contribution in [1.29, 1.82) is 0 Å². The molecule has 18 heavy (non-hydrogen) atoms. The van der Waals surface area contributed by atoms with Gasteiger partial charge < -0.3 is 14.6 Å². The molecule has 1 N–H and O–H groups in total. The Morgan fingerprint density at radius 1 is 1.50 bits per heavy atom. The molecule has 0 bridgehead atoms. The molecule has 4 nitrogen and oxygen atoms in total. The SMILES string of the molecule is COc1ccc(C)cc1CN1CCOC(CO)C1. The molecule has 0 saturated carbocycles. The molecule has 1 unspecified atom stereocenters. The summed E-state index contributed by atoms with van der Waals surface area (Å²) >= 11 is 0. The monoisotopic (exact) mass is 251 g/mol. The highest BCUT2D eigenvalue weighted by atomic mass is 16.5. The van der Waals surface area contributed by atoms with Gasteiger partial charge in [0.25, 0.3) is 0 Å². The Kier molecular flexibility index (Phi) is 4.58. The first kappa shape index (κ1) is 13.3. The zero-order valence-corrected chi connectivity index (χ0v) is 11.1. The van der Waals surface area contributed by atoms with Crippen molar-refractivity contribution in [2.75, 3.05) is 33.4 Å². The van der Waals surface area contributed by atoms with Crippen molar-refractivity contribution in [3.63, 3.8) is 0 Å². The molecule has 0 aliphatic carbocycles. The first-order valence-electron chi connectivity index (χ1n) is 6.31. The van der Waals surface area contributed by atoms with Crippen LogP contribution in [0, 0.1) is 6.92 Å². The van der Waals surface area contributed by atoms with Crippen LogP contribution in [0.1, 0.15) is 11.1 Å². The zero-order valence-electron chi connectivity index (χ0n) is 11.1. The summed E-state index contributed by atoms with van der Waals surface area (Å²) < 4.78 is 10.8. The highest BCUT2D eigenvalue weighted by Gasteiger charge is 2.20. The normalized spacial score (nSPS) is 20.9. The topological polar surface area (TPSA) is 41.9 Å². The fourth-order valence-corrected chi connectivity index (χ4v) is 2.31. The van der Waals surface area contributed by atoms with Crippen molar-refractivity contribution in [1.82, 2.24) is 4.90 Å². The average molecular weight is 251 g/mol. The van der Waals surface area contributed by atoms with Crippen LogP contribution < -0.4 is 4.74 Å². The van der Waals surface area contributed by atoms with E-state index in [9.17, 15) is 0 Å². The van der Waals surface area contributed by atoms with Gasteiger partial charge in [0, 0.05) is 25.2 Å². The number of rotatable bonds is 4. The molecule has 4 heteroatoms. The average Bonchev–Trinajstić information content (AvgIpc) is 2.39. The minimum absolute atomic E-state index is 0.0606. The number of benzene rings is 1. The van der Waals surface area contributed by atoms with Gasteiger partial charge in [0.1, 0.15) is 5.75 Å². The van der Waals surface area contributed by atoms with E-state index in [0.717, 1.165) is 25.4 Å². The van der Waals surface area contributed by atoms with Crippen LogP contribution in [0.5, 0.6) is 5.75 Å². The molecule has 1 saturated heterocycles. The molecular weight excluding hydrogens is 230 g/mol. The fraction of sp³-hybridized carbons (Fsp3) is 0.571. The van der Waals surface area contributed by atoms with E-state index in [-0.39, 0.29) is 12.7 Å². The molecule has 0 aromatic heterocycles. The van der Waals surface area contributed by atoms with E-state index in [1.165, 1.54) is 11.1 Å². The van der Waals surface area contributed by atoms with Gasteiger partial charge in [0.2, 0.25) is 0 Å². The minimum atomic E-state index is -0.0606. The van der Waals surface area contributed by atoms with Crippen LogP contribution in [-0.4, -0.2) is 49.5 Å². The number of ether oxygens (including phenoxy) is 2. The molecule has 1 aliphatic heterocycles. The van der Waals surface area contributed by atoms with Crippen LogP contribution >= 0.6 is 0 Å². The Morgan fingerprint density at radius 2 is 2.33 bits per heavy atom. The summed E-state index contributed by atoms with van der Waals surface area (Å²) in [7, 11) is 1.70. The Hall–Kier alpha value is -1.10. The van der Waals surface area contributed by atoms with Gasteiger partial charge in [0.15, 0.2) is 0 Å². The first-order valence-corrected chi connectivity index (χ1v) is 6.31. The molecular formula is C14H21NO3. The van der Waals surface area contributed by atoms with Gasteiger partial charge in [0.05, 0.1) is 26.4 Å². The predicted octanol–water partition coefficient (Wildman–Crippen LogP) is 1.20. The van der Waals surface area contributed by atoms with E-state index in [0.29, 0.717) is 6.61 Å². The molecule has 1 fully saturated rings. The Bertz CT molecular complexity index is 395. The third-order valence-corrected chi connectivity index (χ3v) is 3.26. The quantitative estimate of drug-likeness (QED) is 0.873. The van der Waals surface area contributed by atoms with Gasteiger partial charge >= 0.3 is 0 Å². The number of aliphatic hydroxyl groups excluding tert-OH is 1. The highest BCUT2D eigenvalue weighted by Crippen LogP contribution is 2.22. The summed E-state index contributed by atoms with van der Waals surface area (Å²) in [5.74, 6) is 0.924. The predicted molar refractivity (Wildman–Crippen MR) is 69.8 cm³/mol. The second-order valence-electron chi connectivity index (χ2n) is 4.73. The Labute approximate surface area is 108 Å². The van der Waals surface area contributed by atoms with Crippen LogP contribution in [0.3, 0.4) is 0 Å². The van der Waals surface area contributed by atoms with E-state index in [1.807, 2.05) is 6.07 Å².